The Bertz CT molecular complexity index is 196. The van der Waals surface area contributed by atoms with E-state index in [0.29, 0.717) is 19.3 Å². The van der Waals surface area contributed by atoms with Crippen LogP contribution in [0.1, 0.15) is 25.7 Å². The molecule has 0 aromatic heterocycles. The normalized spacial score (nSPS) is 10.2. The monoisotopic (exact) mass is 186 g/mol. The number of rotatable bonds is 6. The summed E-state index contributed by atoms with van der Waals surface area (Å²) >= 11 is 0. The van der Waals surface area contributed by atoms with E-state index in [1.54, 1.807) is 12.2 Å². The predicted octanol–water partition coefficient (Wildman–Crippen LogP) is 1.36. The van der Waals surface area contributed by atoms with Gasteiger partial charge in [-0.3, -0.25) is 9.59 Å². The van der Waals surface area contributed by atoms with Crippen molar-refractivity contribution in [3.8, 4) is 0 Å². The van der Waals surface area contributed by atoms with Gasteiger partial charge in [0, 0.05) is 12.8 Å². The van der Waals surface area contributed by atoms with E-state index in [1.807, 2.05) is 0 Å². The summed E-state index contributed by atoms with van der Waals surface area (Å²) in [7, 11) is 1.34. The molecule has 0 radical (unpaired) electrons. The van der Waals surface area contributed by atoms with E-state index in [0.717, 1.165) is 0 Å². The fraction of sp³-hybridized carbons (Fsp3) is 0.556. The van der Waals surface area contributed by atoms with Gasteiger partial charge in [-0.1, -0.05) is 12.2 Å². The van der Waals surface area contributed by atoms with Crippen LogP contribution in [0.2, 0.25) is 0 Å². The number of ether oxygens (including phenoxy) is 1. The molecule has 0 fully saturated rings. The summed E-state index contributed by atoms with van der Waals surface area (Å²) in [5.74, 6) is -1.06. The first-order valence-corrected chi connectivity index (χ1v) is 4.10. The Balaban J connectivity index is 3.31. The number of carbonyl (C=O) groups is 2. The Hall–Kier alpha value is -1.32. The molecular weight excluding hydrogens is 172 g/mol. The number of aliphatic carboxylic acids is 1. The summed E-state index contributed by atoms with van der Waals surface area (Å²) in [6.45, 7) is 0. The summed E-state index contributed by atoms with van der Waals surface area (Å²) in [5.41, 5.74) is 0. The minimum Gasteiger partial charge on any atom is -0.481 e. The summed E-state index contributed by atoms with van der Waals surface area (Å²) in [5, 5.41) is 8.29. The molecule has 0 rings (SSSR count). The minimum atomic E-state index is -0.808. The lowest BCUT2D eigenvalue weighted by atomic mass is 10.2. The van der Waals surface area contributed by atoms with Gasteiger partial charge in [0.25, 0.3) is 0 Å². The van der Waals surface area contributed by atoms with E-state index in [9.17, 15) is 9.59 Å². The van der Waals surface area contributed by atoms with Gasteiger partial charge in [-0.2, -0.15) is 0 Å². The van der Waals surface area contributed by atoms with E-state index in [2.05, 4.69) is 4.74 Å². The zero-order valence-corrected chi connectivity index (χ0v) is 7.66. The van der Waals surface area contributed by atoms with Gasteiger partial charge in [0.2, 0.25) is 0 Å². The molecule has 13 heavy (non-hydrogen) atoms. The third-order valence-corrected chi connectivity index (χ3v) is 1.43. The van der Waals surface area contributed by atoms with Crippen molar-refractivity contribution in [1.82, 2.24) is 0 Å². The summed E-state index contributed by atoms with van der Waals surface area (Å²) in [4.78, 5) is 20.7. The highest BCUT2D eigenvalue weighted by molar-refractivity contribution is 5.69. The average molecular weight is 186 g/mol. The van der Waals surface area contributed by atoms with Gasteiger partial charge in [-0.15, -0.1) is 0 Å². The smallest absolute Gasteiger partial charge is 0.305 e. The Morgan fingerprint density at radius 1 is 1.23 bits per heavy atom. The molecule has 0 aliphatic heterocycles. The minimum absolute atomic E-state index is 0.134. The highest BCUT2D eigenvalue weighted by Gasteiger charge is 1.96. The lowest BCUT2D eigenvalue weighted by Crippen LogP contribution is -1.98. The molecular formula is C9H14O4. The van der Waals surface area contributed by atoms with Crippen molar-refractivity contribution in [2.45, 2.75) is 25.7 Å². The number of methoxy groups -OCH3 is 1. The summed E-state index contributed by atoms with van der Waals surface area (Å²) in [6, 6.07) is 0. The molecule has 74 valence electrons. The number of esters is 1. The van der Waals surface area contributed by atoms with Crippen molar-refractivity contribution in [2.75, 3.05) is 7.11 Å². The largest absolute Gasteiger partial charge is 0.481 e. The molecule has 0 amide bonds. The molecule has 0 atom stereocenters. The Labute approximate surface area is 77.2 Å². The molecule has 0 bridgehead atoms. The Morgan fingerprint density at radius 2 is 1.77 bits per heavy atom. The maximum atomic E-state index is 10.6. The molecule has 0 heterocycles. The molecule has 4 heteroatoms. The van der Waals surface area contributed by atoms with Crippen molar-refractivity contribution >= 4 is 11.9 Å². The highest BCUT2D eigenvalue weighted by Crippen LogP contribution is 1.96. The van der Waals surface area contributed by atoms with Gasteiger partial charge in [0.15, 0.2) is 0 Å². The van der Waals surface area contributed by atoms with E-state index in [4.69, 9.17) is 5.11 Å². The molecule has 1 N–H and O–H groups in total. The third-order valence-electron chi connectivity index (χ3n) is 1.43. The Kier molecular flexibility index (Phi) is 6.59. The molecule has 0 aliphatic rings. The van der Waals surface area contributed by atoms with Crippen LogP contribution in [0.15, 0.2) is 12.2 Å². The number of carboxylic acid groups (broad SMARTS) is 1. The van der Waals surface area contributed by atoms with Gasteiger partial charge in [-0.25, -0.2) is 0 Å². The lowest BCUT2D eigenvalue weighted by Gasteiger charge is -1.93. The van der Waals surface area contributed by atoms with E-state index in [1.165, 1.54) is 7.11 Å². The van der Waals surface area contributed by atoms with Crippen LogP contribution in [0.3, 0.4) is 0 Å². The third kappa shape index (κ3) is 8.59. The lowest BCUT2D eigenvalue weighted by molar-refractivity contribution is -0.140. The second-order valence-corrected chi connectivity index (χ2v) is 2.52. The van der Waals surface area contributed by atoms with Crippen molar-refractivity contribution in [3.05, 3.63) is 12.2 Å². The maximum absolute atomic E-state index is 10.6. The van der Waals surface area contributed by atoms with Gasteiger partial charge < -0.3 is 9.84 Å². The van der Waals surface area contributed by atoms with Crippen LogP contribution in [-0.4, -0.2) is 24.2 Å². The van der Waals surface area contributed by atoms with Crippen molar-refractivity contribution in [2.24, 2.45) is 0 Å². The van der Waals surface area contributed by atoms with Gasteiger partial charge in [-0.05, 0) is 12.8 Å². The highest BCUT2D eigenvalue weighted by atomic mass is 16.5. The quantitative estimate of drug-likeness (QED) is 0.502. The van der Waals surface area contributed by atoms with E-state index >= 15 is 0 Å². The standard InChI is InChI=1S/C9H14O4/c1-13-9(12)7-5-3-2-4-6-8(10)11/h2-3H,4-7H2,1H3,(H,10,11)/b3-2-. The first kappa shape index (κ1) is 11.7. The molecule has 0 aromatic carbocycles. The van der Waals surface area contributed by atoms with Crippen LogP contribution in [0, 0.1) is 0 Å². The first-order valence-electron chi connectivity index (χ1n) is 4.10. The van der Waals surface area contributed by atoms with E-state index < -0.39 is 5.97 Å². The topological polar surface area (TPSA) is 63.6 Å². The molecule has 4 nitrogen and oxygen atoms in total. The Morgan fingerprint density at radius 3 is 2.23 bits per heavy atom. The van der Waals surface area contributed by atoms with Crippen molar-refractivity contribution < 1.29 is 19.4 Å². The predicted molar refractivity (Wildman–Crippen MR) is 47.3 cm³/mol. The van der Waals surface area contributed by atoms with E-state index in [-0.39, 0.29) is 12.4 Å². The van der Waals surface area contributed by atoms with Crippen LogP contribution >= 0.6 is 0 Å². The number of allylic oxidation sites excluding steroid dienone is 2. The molecule has 0 unspecified atom stereocenters. The maximum Gasteiger partial charge on any atom is 0.305 e. The van der Waals surface area contributed by atoms with Crippen LogP contribution in [0.4, 0.5) is 0 Å². The van der Waals surface area contributed by atoms with Crippen molar-refractivity contribution in [1.29, 1.82) is 0 Å². The first-order chi connectivity index (χ1) is 6.16. The van der Waals surface area contributed by atoms with Crippen molar-refractivity contribution in [3.63, 3.8) is 0 Å². The van der Waals surface area contributed by atoms with Gasteiger partial charge >= 0.3 is 11.9 Å². The van der Waals surface area contributed by atoms with Gasteiger partial charge in [0.1, 0.15) is 0 Å². The second-order valence-electron chi connectivity index (χ2n) is 2.52. The summed E-state index contributed by atoms with van der Waals surface area (Å²) < 4.78 is 4.43. The summed E-state index contributed by atoms with van der Waals surface area (Å²) in [6.07, 6.45) is 5.15. The zero-order valence-electron chi connectivity index (χ0n) is 7.66. The number of hydrogen-bond donors (Lipinski definition) is 1. The SMILES string of the molecule is COC(=O)CC/C=C\CCC(=O)O. The molecule has 0 aromatic rings. The fourth-order valence-corrected chi connectivity index (χ4v) is 0.746. The van der Waals surface area contributed by atoms with Crippen LogP contribution in [0.5, 0.6) is 0 Å². The second kappa shape index (κ2) is 7.34. The molecule has 0 saturated carbocycles. The molecule has 0 aliphatic carbocycles. The fourth-order valence-electron chi connectivity index (χ4n) is 0.746. The number of hydrogen-bond acceptors (Lipinski definition) is 3. The van der Waals surface area contributed by atoms with Crippen LogP contribution < -0.4 is 0 Å². The van der Waals surface area contributed by atoms with Crippen LogP contribution in [-0.2, 0) is 14.3 Å². The number of carboxylic acids is 1. The zero-order chi connectivity index (χ0) is 10.1. The van der Waals surface area contributed by atoms with Crippen LogP contribution in [0.25, 0.3) is 0 Å². The van der Waals surface area contributed by atoms with Gasteiger partial charge in [0.05, 0.1) is 7.11 Å². The molecule has 0 spiro atoms. The number of carbonyl (C=O) groups excluding carboxylic acids is 1. The molecule has 0 saturated heterocycles. The average Bonchev–Trinajstić information content (AvgIpc) is 2.10.